The quantitative estimate of drug-likeness (QED) is 0.0279. The Labute approximate surface area is 472 Å². The Bertz CT molecular complexity index is 2290. The van der Waals surface area contributed by atoms with Crippen LogP contribution in [0.4, 0.5) is 26.3 Å². The van der Waals surface area contributed by atoms with Gasteiger partial charge in [-0.05, 0) is 88.1 Å². The average Bonchev–Trinajstić information content (AvgIpc) is 4.36. The van der Waals surface area contributed by atoms with Crippen LogP contribution < -0.4 is 10.2 Å². The van der Waals surface area contributed by atoms with Crippen molar-refractivity contribution in [3.8, 4) is 0 Å². The van der Waals surface area contributed by atoms with Crippen molar-refractivity contribution in [1.82, 2.24) is 0 Å². The van der Waals surface area contributed by atoms with E-state index in [0.717, 1.165) is 163 Å². The van der Waals surface area contributed by atoms with Gasteiger partial charge in [-0.1, -0.05) is 74.9 Å². The van der Waals surface area contributed by atoms with Crippen molar-refractivity contribution in [1.29, 1.82) is 0 Å². The summed E-state index contributed by atoms with van der Waals surface area (Å²) in [4.78, 5) is 47.0. The Morgan fingerprint density at radius 2 is 0.887 bits per heavy atom. The van der Waals surface area contributed by atoms with Gasteiger partial charge < -0.3 is 57.3 Å². The first-order valence-electron chi connectivity index (χ1n) is 27.6. The van der Waals surface area contributed by atoms with Gasteiger partial charge in [-0.2, -0.15) is 26.3 Å². The minimum Gasteiger partial charge on any atom is -0.542 e. The fourth-order valence-corrected chi connectivity index (χ4v) is 12.9. The number of ether oxygens (including phenoxy) is 2. The van der Waals surface area contributed by atoms with E-state index >= 15 is 0 Å². The predicted molar refractivity (Wildman–Crippen MR) is 284 cm³/mol. The number of aliphatic carboxylic acids is 2. The molecule has 2 aliphatic heterocycles. The smallest absolute Gasteiger partial charge is 0.430 e. The second-order valence-corrected chi connectivity index (χ2v) is 23.3. The summed E-state index contributed by atoms with van der Waals surface area (Å²) in [6, 6.07) is 28.0. The highest BCUT2D eigenvalue weighted by atomic mass is 32.2. The number of esters is 2. The molecule has 444 valence electrons. The maximum absolute atomic E-state index is 13.4. The van der Waals surface area contributed by atoms with Crippen LogP contribution in [0.5, 0.6) is 0 Å². The van der Waals surface area contributed by atoms with Crippen molar-refractivity contribution in [2.45, 2.75) is 149 Å². The molecule has 0 amide bonds. The molecule has 2 aromatic heterocycles. The molecule has 80 heavy (non-hydrogen) atoms. The highest BCUT2D eigenvalue weighted by Gasteiger charge is 2.53. The normalized spacial score (nSPS) is 23.1. The molecular formula is C58H76F6N2O12S2. The van der Waals surface area contributed by atoms with Gasteiger partial charge >= 0.3 is 24.3 Å². The molecule has 2 aliphatic carbocycles. The number of halogens is 6. The lowest BCUT2D eigenvalue weighted by Crippen LogP contribution is -2.49. The van der Waals surface area contributed by atoms with Gasteiger partial charge in [0, 0.05) is 58.8 Å². The van der Waals surface area contributed by atoms with Crippen molar-refractivity contribution >= 4 is 47.4 Å². The van der Waals surface area contributed by atoms with Crippen LogP contribution in [0.2, 0.25) is 0 Å². The summed E-state index contributed by atoms with van der Waals surface area (Å²) in [6.45, 7) is 12.4. The number of hydrogen-bond donors (Lipinski definition) is 2. The number of furan rings is 2. The van der Waals surface area contributed by atoms with E-state index in [0.29, 0.717) is 11.5 Å². The Kier molecular flexibility index (Phi) is 25.4. The summed E-state index contributed by atoms with van der Waals surface area (Å²) in [6.07, 6.45) is 6.05. The monoisotopic (exact) mass is 1170 g/mol. The van der Waals surface area contributed by atoms with Gasteiger partial charge in [0.15, 0.2) is 12.2 Å². The maximum Gasteiger partial charge on any atom is 0.430 e. The van der Waals surface area contributed by atoms with Gasteiger partial charge in [-0.15, -0.1) is 23.5 Å². The van der Waals surface area contributed by atoms with E-state index < -0.39 is 47.4 Å². The SMILES string of the molecule is CC[N+]1(CCCSc2ccccc2)CC[C@H](OC(=O)[C@](O)(c2ccco2)C2CCCCC2)C1.CC[N+]1(CCCSc2ccccc2)CC[C@H](OC(=O)[C@](O)(c2ccco2)C2CCCCC2)C1.O=C([O-])C(F)(F)F.O=C([O-])C(F)(F)F. The minimum absolute atomic E-state index is 0.147. The van der Waals surface area contributed by atoms with E-state index in [4.69, 9.17) is 38.1 Å². The lowest BCUT2D eigenvalue weighted by atomic mass is 9.75. The minimum atomic E-state index is -5.19. The third-order valence-electron chi connectivity index (χ3n) is 15.8. The molecule has 6 atom stereocenters. The van der Waals surface area contributed by atoms with Gasteiger partial charge in [0.1, 0.15) is 36.5 Å². The number of likely N-dealkylation sites (N-methyl/N-ethyl adjacent to an activating group) is 2. The van der Waals surface area contributed by atoms with Crippen LogP contribution in [0.15, 0.2) is 116 Å². The third kappa shape index (κ3) is 19.0. The number of aliphatic hydroxyl groups is 2. The molecular weight excluding hydrogens is 1090 g/mol. The second-order valence-electron chi connectivity index (χ2n) is 21.0. The lowest BCUT2D eigenvalue weighted by molar-refractivity contribution is -0.916. The molecule has 0 radical (unpaired) electrons. The summed E-state index contributed by atoms with van der Waals surface area (Å²) in [5.74, 6) is -4.52. The number of carbonyl (C=O) groups is 4. The molecule has 0 spiro atoms. The number of quaternary nitrogens is 2. The summed E-state index contributed by atoms with van der Waals surface area (Å²) in [5.41, 5.74) is -3.36. The topological polar surface area (TPSA) is 200 Å². The number of likely N-dealkylation sites (tertiary alicyclic amines) is 2. The third-order valence-corrected chi connectivity index (χ3v) is 18.0. The van der Waals surface area contributed by atoms with Gasteiger partial charge in [-0.3, -0.25) is 0 Å². The molecule has 4 aliphatic rings. The molecule has 0 bridgehead atoms. The number of alkyl halides is 6. The van der Waals surface area contributed by atoms with E-state index in [1.54, 1.807) is 24.3 Å². The molecule has 4 fully saturated rings. The number of carboxylic acids is 2. The number of hydrogen-bond acceptors (Lipinski definition) is 14. The van der Waals surface area contributed by atoms with Crippen molar-refractivity contribution in [2.75, 3.05) is 63.9 Å². The van der Waals surface area contributed by atoms with Gasteiger partial charge in [0.25, 0.3) is 0 Å². The largest absolute Gasteiger partial charge is 0.542 e. The number of nitrogens with zero attached hydrogens (tertiary/aromatic N) is 2. The van der Waals surface area contributed by atoms with Crippen molar-refractivity contribution in [3.05, 3.63) is 109 Å². The molecule has 4 aromatic rings. The van der Waals surface area contributed by atoms with Crippen LogP contribution in [0.1, 0.15) is 115 Å². The van der Waals surface area contributed by atoms with Crippen LogP contribution in [0.3, 0.4) is 0 Å². The average molecular weight is 1170 g/mol. The van der Waals surface area contributed by atoms with E-state index in [2.05, 4.69) is 62.4 Å². The highest BCUT2D eigenvalue weighted by molar-refractivity contribution is 7.99. The van der Waals surface area contributed by atoms with E-state index in [9.17, 15) is 46.1 Å². The molecule has 22 heteroatoms. The zero-order valence-electron chi connectivity index (χ0n) is 45.5. The van der Waals surface area contributed by atoms with Crippen LogP contribution in [0, 0.1) is 11.8 Å². The number of thioether (sulfide) groups is 2. The molecule has 14 nitrogen and oxygen atoms in total. The molecule has 2 unspecified atom stereocenters. The van der Waals surface area contributed by atoms with Crippen LogP contribution in [-0.4, -0.2) is 131 Å². The van der Waals surface area contributed by atoms with Crippen molar-refractivity contribution in [2.24, 2.45) is 11.8 Å². The van der Waals surface area contributed by atoms with E-state index in [1.807, 2.05) is 35.7 Å². The van der Waals surface area contributed by atoms with Crippen LogP contribution in [-0.2, 0) is 39.9 Å². The second kappa shape index (κ2) is 30.9. The first-order chi connectivity index (χ1) is 38.0. The summed E-state index contributed by atoms with van der Waals surface area (Å²) in [7, 11) is 0. The van der Waals surface area contributed by atoms with Crippen molar-refractivity contribution < 1.29 is 93.2 Å². The lowest BCUT2D eigenvalue weighted by Gasteiger charge is -2.36. The fourth-order valence-electron chi connectivity index (χ4n) is 11.2. The molecule has 2 N–H and O–H groups in total. The Balaban J connectivity index is 0.000000237. The summed E-state index contributed by atoms with van der Waals surface area (Å²) >= 11 is 3.81. The van der Waals surface area contributed by atoms with Crippen molar-refractivity contribution in [3.63, 3.8) is 0 Å². The Morgan fingerprint density at radius 3 is 1.18 bits per heavy atom. The molecule has 2 aromatic carbocycles. The Morgan fingerprint density at radius 1 is 0.550 bits per heavy atom. The number of carboxylic acid groups (broad SMARTS) is 2. The zero-order chi connectivity index (χ0) is 58.5. The number of benzene rings is 2. The fraction of sp³-hybridized carbons (Fsp3) is 0.586. The predicted octanol–water partition coefficient (Wildman–Crippen LogP) is 9.36. The Hall–Kier alpha value is -5.00. The zero-order valence-corrected chi connectivity index (χ0v) is 47.1. The molecule has 2 saturated carbocycles. The summed E-state index contributed by atoms with van der Waals surface area (Å²) < 4.78 is 88.2. The molecule has 2 saturated heterocycles. The van der Waals surface area contributed by atoms with Gasteiger partial charge in [0.05, 0.1) is 51.8 Å². The van der Waals surface area contributed by atoms with E-state index in [-0.39, 0.29) is 24.0 Å². The maximum atomic E-state index is 13.4. The van der Waals surface area contributed by atoms with Gasteiger partial charge in [-0.25, -0.2) is 9.59 Å². The standard InChI is InChI=1S/2C27H38NO4S.2C2HF3O2/c2*1-2-28(17-10-20-33-24-13-7-4-8-14-24)18-16-23(21-28)32-26(29)27(30,25-15-9-19-31-25)22-11-5-3-6-12-22;2*3-2(4,5)1(6)7/h2*4,7-9,13-15,19,22-23,30H,2-3,5-6,10-12,16-18,20-21H2,1H3;2*(H,6,7)/q2*+1;;/p-2/t2*23-,27+,28?;;/m00../s1. The number of carbonyl (C=O) groups excluding carboxylic acids is 4. The van der Waals surface area contributed by atoms with Crippen LogP contribution >= 0.6 is 23.5 Å². The number of rotatable bonds is 20. The van der Waals surface area contributed by atoms with E-state index in [1.165, 1.54) is 22.3 Å². The highest BCUT2D eigenvalue weighted by Crippen LogP contribution is 2.43. The first-order valence-corrected chi connectivity index (χ1v) is 29.5. The molecule has 8 rings (SSSR count). The van der Waals surface area contributed by atoms with Gasteiger partial charge in [0.2, 0.25) is 11.2 Å². The molecule has 4 heterocycles. The first kappa shape index (κ1) is 65.8. The van der Waals surface area contributed by atoms with Crippen LogP contribution in [0.25, 0.3) is 0 Å². The summed E-state index contributed by atoms with van der Waals surface area (Å²) in [5, 5.41) is 40.8.